The Hall–Kier alpha value is -2.44. The molecule has 7 heteroatoms. The molecular weight excluding hydrogens is 232 g/mol. The van der Waals surface area contributed by atoms with Gasteiger partial charge in [0.15, 0.2) is 6.61 Å². The molecule has 0 rings (SSSR count). The number of carboxylic acids is 1. The topological polar surface area (TPSA) is 107 Å². The van der Waals surface area contributed by atoms with Gasteiger partial charge < -0.3 is 14.6 Å². The standard InChI is InChI=1S/C10H10O7/c1-6(2)10(15)16-5-9(14)17-8(13)4-3-7(11)12/h3-4H,1,5H2,2H3,(H,11,12)/b4-3-. The summed E-state index contributed by atoms with van der Waals surface area (Å²) < 4.78 is 8.48. The summed E-state index contributed by atoms with van der Waals surface area (Å²) in [7, 11) is 0. The lowest BCUT2D eigenvalue weighted by Crippen LogP contribution is -2.19. The van der Waals surface area contributed by atoms with Crippen molar-refractivity contribution in [2.24, 2.45) is 0 Å². The molecule has 0 fully saturated rings. The third-order valence-electron chi connectivity index (χ3n) is 1.25. The number of esters is 3. The summed E-state index contributed by atoms with van der Waals surface area (Å²) >= 11 is 0. The molecule has 0 unspecified atom stereocenters. The van der Waals surface area contributed by atoms with E-state index in [9.17, 15) is 19.2 Å². The van der Waals surface area contributed by atoms with Crippen molar-refractivity contribution in [1.82, 2.24) is 0 Å². The van der Waals surface area contributed by atoms with Gasteiger partial charge in [-0.1, -0.05) is 6.58 Å². The van der Waals surface area contributed by atoms with E-state index >= 15 is 0 Å². The van der Waals surface area contributed by atoms with Crippen LogP contribution in [0.15, 0.2) is 24.3 Å². The smallest absolute Gasteiger partial charge is 0.352 e. The first-order chi connectivity index (χ1) is 7.82. The maximum atomic E-state index is 10.9. The number of hydrogen-bond donors (Lipinski definition) is 1. The molecule has 92 valence electrons. The Labute approximate surface area is 96.3 Å². The molecular formula is C10H10O7. The van der Waals surface area contributed by atoms with Crippen LogP contribution in [-0.2, 0) is 28.7 Å². The minimum Gasteiger partial charge on any atom is -0.478 e. The van der Waals surface area contributed by atoms with E-state index in [2.05, 4.69) is 16.1 Å². The van der Waals surface area contributed by atoms with Crippen molar-refractivity contribution in [3.63, 3.8) is 0 Å². The molecule has 1 N–H and O–H groups in total. The van der Waals surface area contributed by atoms with Crippen LogP contribution in [0, 0.1) is 0 Å². The van der Waals surface area contributed by atoms with Crippen LogP contribution in [0.3, 0.4) is 0 Å². The van der Waals surface area contributed by atoms with Gasteiger partial charge in [-0.2, -0.15) is 0 Å². The van der Waals surface area contributed by atoms with Crippen molar-refractivity contribution in [3.05, 3.63) is 24.3 Å². The van der Waals surface area contributed by atoms with Crippen molar-refractivity contribution >= 4 is 23.9 Å². The van der Waals surface area contributed by atoms with Gasteiger partial charge in [0.05, 0.1) is 0 Å². The predicted octanol–water partition coefficient (Wildman–Crippen LogP) is -0.184. The molecule has 0 aromatic rings. The third kappa shape index (κ3) is 7.48. The Morgan fingerprint density at radius 1 is 1.24 bits per heavy atom. The SMILES string of the molecule is C=C(C)C(=O)OCC(=O)OC(=O)/C=C\C(=O)O. The number of carboxylic acid groups (broad SMARTS) is 1. The van der Waals surface area contributed by atoms with Gasteiger partial charge in [-0.05, 0) is 6.92 Å². The average Bonchev–Trinajstić information content (AvgIpc) is 2.22. The van der Waals surface area contributed by atoms with E-state index in [1.807, 2.05) is 0 Å². The molecule has 0 saturated carbocycles. The van der Waals surface area contributed by atoms with Crippen LogP contribution >= 0.6 is 0 Å². The van der Waals surface area contributed by atoms with E-state index in [4.69, 9.17) is 5.11 Å². The molecule has 0 aromatic heterocycles. The lowest BCUT2D eigenvalue weighted by molar-refractivity contribution is -0.163. The highest BCUT2D eigenvalue weighted by Gasteiger charge is 2.11. The molecule has 0 radical (unpaired) electrons. The number of carbonyl (C=O) groups excluding carboxylic acids is 3. The highest BCUT2D eigenvalue weighted by molar-refractivity contribution is 5.97. The van der Waals surface area contributed by atoms with E-state index in [1.54, 1.807) is 0 Å². The van der Waals surface area contributed by atoms with Crippen LogP contribution in [0.25, 0.3) is 0 Å². The van der Waals surface area contributed by atoms with Gasteiger partial charge in [0.2, 0.25) is 0 Å². The molecule has 0 aliphatic carbocycles. The molecule has 0 saturated heterocycles. The molecule has 0 heterocycles. The van der Waals surface area contributed by atoms with Crippen molar-refractivity contribution < 1.29 is 33.8 Å². The predicted molar refractivity (Wildman–Crippen MR) is 53.6 cm³/mol. The zero-order valence-corrected chi connectivity index (χ0v) is 8.97. The van der Waals surface area contributed by atoms with Gasteiger partial charge >= 0.3 is 23.9 Å². The van der Waals surface area contributed by atoms with Gasteiger partial charge in [-0.15, -0.1) is 0 Å². The quantitative estimate of drug-likeness (QED) is 0.404. The highest BCUT2D eigenvalue weighted by atomic mass is 16.6. The van der Waals surface area contributed by atoms with Gasteiger partial charge in [-0.25, -0.2) is 19.2 Å². The largest absolute Gasteiger partial charge is 0.478 e. The van der Waals surface area contributed by atoms with Gasteiger partial charge in [0.1, 0.15) is 0 Å². The number of rotatable bonds is 5. The second-order valence-corrected chi connectivity index (χ2v) is 2.82. The second kappa shape index (κ2) is 6.94. The molecule has 0 amide bonds. The van der Waals surface area contributed by atoms with Crippen LogP contribution in [0.5, 0.6) is 0 Å². The Morgan fingerprint density at radius 3 is 2.29 bits per heavy atom. The summed E-state index contributed by atoms with van der Waals surface area (Å²) in [5, 5.41) is 8.18. The first-order valence-electron chi connectivity index (χ1n) is 4.31. The molecule has 0 spiro atoms. The Balaban J connectivity index is 4.03. The fourth-order valence-corrected chi connectivity index (χ4v) is 0.563. The minimum absolute atomic E-state index is 0.0925. The summed E-state index contributed by atoms with van der Waals surface area (Å²) in [5.74, 6) is -4.43. The third-order valence-corrected chi connectivity index (χ3v) is 1.25. The summed E-state index contributed by atoms with van der Waals surface area (Å²) in [5.41, 5.74) is 0.0925. The Kier molecular flexibility index (Phi) is 5.94. The minimum atomic E-state index is -1.36. The summed E-state index contributed by atoms with van der Waals surface area (Å²) in [4.78, 5) is 42.5. The number of hydrogen-bond acceptors (Lipinski definition) is 6. The average molecular weight is 242 g/mol. The van der Waals surface area contributed by atoms with Gasteiger partial charge in [0.25, 0.3) is 0 Å². The van der Waals surface area contributed by atoms with Crippen molar-refractivity contribution in [3.8, 4) is 0 Å². The normalized spacial score (nSPS) is 9.71. The number of ether oxygens (including phenoxy) is 2. The Bertz CT molecular complexity index is 391. The second-order valence-electron chi connectivity index (χ2n) is 2.82. The fourth-order valence-electron chi connectivity index (χ4n) is 0.563. The summed E-state index contributed by atoms with van der Waals surface area (Å²) in [6.07, 6.45) is 1.07. The number of aliphatic carboxylic acids is 1. The van der Waals surface area contributed by atoms with Crippen molar-refractivity contribution in [2.75, 3.05) is 6.61 Å². The van der Waals surface area contributed by atoms with Crippen LogP contribution in [0.4, 0.5) is 0 Å². The molecule has 7 nitrogen and oxygen atoms in total. The first kappa shape index (κ1) is 14.6. The van der Waals surface area contributed by atoms with Gasteiger partial charge in [0, 0.05) is 17.7 Å². The van der Waals surface area contributed by atoms with E-state index in [0.717, 1.165) is 0 Å². The van der Waals surface area contributed by atoms with Crippen molar-refractivity contribution in [2.45, 2.75) is 6.92 Å². The maximum Gasteiger partial charge on any atom is 0.352 e. The molecule has 0 atom stereocenters. The van der Waals surface area contributed by atoms with Crippen LogP contribution < -0.4 is 0 Å². The summed E-state index contributed by atoms with van der Waals surface area (Å²) in [6.45, 7) is 3.90. The number of carbonyl (C=O) groups is 4. The van der Waals surface area contributed by atoms with Crippen LogP contribution in [0.2, 0.25) is 0 Å². The lowest BCUT2D eigenvalue weighted by atomic mass is 10.4. The zero-order chi connectivity index (χ0) is 13.4. The van der Waals surface area contributed by atoms with Gasteiger partial charge in [-0.3, -0.25) is 0 Å². The lowest BCUT2D eigenvalue weighted by Gasteiger charge is -2.02. The summed E-state index contributed by atoms with van der Waals surface area (Å²) in [6, 6.07) is 0. The van der Waals surface area contributed by atoms with E-state index in [1.165, 1.54) is 6.92 Å². The van der Waals surface area contributed by atoms with E-state index in [-0.39, 0.29) is 5.57 Å². The van der Waals surface area contributed by atoms with E-state index < -0.39 is 30.5 Å². The molecule has 17 heavy (non-hydrogen) atoms. The first-order valence-corrected chi connectivity index (χ1v) is 4.31. The van der Waals surface area contributed by atoms with Crippen LogP contribution in [0.1, 0.15) is 6.92 Å². The molecule has 0 bridgehead atoms. The molecule has 0 aliphatic rings. The maximum absolute atomic E-state index is 10.9. The zero-order valence-electron chi connectivity index (χ0n) is 8.97. The molecule has 0 aliphatic heterocycles. The Morgan fingerprint density at radius 2 is 1.82 bits per heavy atom. The van der Waals surface area contributed by atoms with Crippen molar-refractivity contribution in [1.29, 1.82) is 0 Å². The molecule has 0 aromatic carbocycles. The fraction of sp³-hybridized carbons (Fsp3) is 0.200. The monoisotopic (exact) mass is 242 g/mol. The highest BCUT2D eigenvalue weighted by Crippen LogP contribution is 1.93. The van der Waals surface area contributed by atoms with E-state index in [0.29, 0.717) is 12.2 Å². The van der Waals surface area contributed by atoms with Crippen LogP contribution in [-0.4, -0.2) is 35.6 Å².